The van der Waals surface area contributed by atoms with Gasteiger partial charge in [0.05, 0.1) is 11.2 Å². The Balaban J connectivity index is 1.98. The van der Waals surface area contributed by atoms with Gasteiger partial charge in [0.1, 0.15) is 0 Å². The molecule has 19 heavy (non-hydrogen) atoms. The van der Waals surface area contributed by atoms with E-state index in [1.54, 1.807) is 7.11 Å². The smallest absolute Gasteiger partial charge is 0.400 e. The Morgan fingerprint density at radius 1 is 1.32 bits per heavy atom. The van der Waals surface area contributed by atoms with Gasteiger partial charge in [0, 0.05) is 26.3 Å². The Bertz CT molecular complexity index is 339. The van der Waals surface area contributed by atoms with E-state index in [2.05, 4.69) is 39.1 Å². The van der Waals surface area contributed by atoms with Crippen LogP contribution in [0, 0.1) is 0 Å². The number of ether oxygens (including phenoxy) is 1. The third kappa shape index (κ3) is 3.22. The van der Waals surface area contributed by atoms with E-state index in [0.29, 0.717) is 6.04 Å². The van der Waals surface area contributed by atoms with Crippen molar-refractivity contribution >= 4 is 7.12 Å². The monoisotopic (exact) mass is 267 g/mol. The molecule has 5 heteroatoms. The minimum absolute atomic E-state index is 0.197. The lowest BCUT2D eigenvalue weighted by atomic mass is 9.73. The second kappa shape index (κ2) is 5.56. The molecule has 108 valence electrons. The van der Waals surface area contributed by atoms with Crippen molar-refractivity contribution in [2.75, 3.05) is 20.3 Å². The van der Waals surface area contributed by atoms with Crippen LogP contribution in [0.3, 0.4) is 0 Å². The van der Waals surface area contributed by atoms with Crippen molar-refractivity contribution in [2.45, 2.75) is 57.8 Å². The summed E-state index contributed by atoms with van der Waals surface area (Å²) in [5.41, 5.74) is 0.745. The highest BCUT2D eigenvalue weighted by atomic mass is 16.7. The van der Waals surface area contributed by atoms with Crippen LogP contribution in [0.25, 0.3) is 0 Å². The van der Waals surface area contributed by atoms with Crippen molar-refractivity contribution in [1.82, 2.24) is 5.32 Å². The van der Waals surface area contributed by atoms with Gasteiger partial charge >= 0.3 is 7.12 Å². The van der Waals surface area contributed by atoms with Crippen molar-refractivity contribution in [1.29, 1.82) is 0 Å². The van der Waals surface area contributed by atoms with E-state index >= 15 is 0 Å². The lowest BCUT2D eigenvalue weighted by Gasteiger charge is -2.32. The third-order valence-electron chi connectivity index (χ3n) is 4.48. The molecule has 1 unspecified atom stereocenters. The first kappa shape index (κ1) is 15.0. The molecular formula is C14H26BNO3. The van der Waals surface area contributed by atoms with Crippen LogP contribution in [0.15, 0.2) is 11.5 Å². The molecule has 0 saturated carbocycles. The number of hydrogen-bond donors (Lipinski definition) is 1. The van der Waals surface area contributed by atoms with Crippen LogP contribution in [-0.4, -0.2) is 44.6 Å². The fraction of sp³-hybridized carbons (Fsp3) is 0.857. The van der Waals surface area contributed by atoms with Crippen LogP contribution in [0.1, 0.15) is 40.5 Å². The van der Waals surface area contributed by atoms with Crippen molar-refractivity contribution in [3.8, 4) is 0 Å². The zero-order valence-electron chi connectivity index (χ0n) is 12.8. The predicted molar refractivity (Wildman–Crippen MR) is 77.1 cm³/mol. The molecule has 0 amide bonds. The molecular weight excluding hydrogens is 241 g/mol. The Labute approximate surface area is 117 Å². The van der Waals surface area contributed by atoms with Gasteiger partial charge in [-0.25, -0.2) is 0 Å². The number of methoxy groups -OCH3 is 1. The van der Waals surface area contributed by atoms with Crippen LogP contribution in [0.5, 0.6) is 0 Å². The summed E-state index contributed by atoms with van der Waals surface area (Å²) < 4.78 is 17.4. The fourth-order valence-corrected chi connectivity index (χ4v) is 2.45. The SMILES string of the molecule is COCCC1CC(B2OC(C)(C)C(C)(C)O2)=CCN1. The van der Waals surface area contributed by atoms with Crippen LogP contribution < -0.4 is 5.32 Å². The van der Waals surface area contributed by atoms with E-state index in [9.17, 15) is 0 Å². The van der Waals surface area contributed by atoms with Gasteiger partial charge in [-0.05, 0) is 46.0 Å². The molecule has 1 atom stereocenters. The fourth-order valence-electron chi connectivity index (χ4n) is 2.45. The third-order valence-corrected chi connectivity index (χ3v) is 4.48. The second-order valence-corrected chi connectivity index (χ2v) is 6.46. The molecule has 1 saturated heterocycles. The van der Waals surface area contributed by atoms with E-state index in [-0.39, 0.29) is 18.3 Å². The summed E-state index contributed by atoms with van der Waals surface area (Å²) in [6.45, 7) is 10.0. The second-order valence-electron chi connectivity index (χ2n) is 6.46. The Kier molecular flexibility index (Phi) is 4.40. The van der Waals surface area contributed by atoms with Gasteiger partial charge in [0.2, 0.25) is 0 Å². The van der Waals surface area contributed by atoms with Crippen LogP contribution in [0.2, 0.25) is 0 Å². The summed E-state index contributed by atoms with van der Waals surface area (Å²) in [4.78, 5) is 0. The normalized spacial score (nSPS) is 29.4. The van der Waals surface area contributed by atoms with Crippen LogP contribution >= 0.6 is 0 Å². The van der Waals surface area contributed by atoms with Gasteiger partial charge in [0.15, 0.2) is 0 Å². The number of nitrogens with one attached hydrogen (secondary N) is 1. The largest absolute Gasteiger partial charge is 0.490 e. The Morgan fingerprint density at radius 2 is 1.95 bits per heavy atom. The zero-order valence-corrected chi connectivity index (χ0v) is 12.8. The van der Waals surface area contributed by atoms with E-state index in [4.69, 9.17) is 14.0 Å². The molecule has 0 aromatic carbocycles. The van der Waals surface area contributed by atoms with Crippen LogP contribution in [-0.2, 0) is 14.0 Å². The standard InChI is InChI=1S/C14H26BNO3/c1-13(2)14(3,4)19-15(18-13)11-6-8-16-12(10-11)7-9-17-5/h6,12,16H,7-10H2,1-5H3. The summed E-state index contributed by atoms with van der Waals surface area (Å²) in [5.74, 6) is 0. The molecule has 0 spiro atoms. The van der Waals surface area contributed by atoms with Crippen molar-refractivity contribution in [3.05, 3.63) is 11.5 Å². The summed E-state index contributed by atoms with van der Waals surface area (Å²) >= 11 is 0. The van der Waals surface area contributed by atoms with Gasteiger partial charge in [-0.2, -0.15) is 0 Å². The highest BCUT2D eigenvalue weighted by Crippen LogP contribution is 2.39. The Hall–Kier alpha value is -0.355. The number of rotatable bonds is 4. The molecule has 2 rings (SSSR count). The average molecular weight is 267 g/mol. The summed E-state index contributed by atoms with van der Waals surface area (Å²) in [7, 11) is 1.55. The summed E-state index contributed by atoms with van der Waals surface area (Å²) in [5, 5.41) is 3.48. The molecule has 4 nitrogen and oxygen atoms in total. The molecule has 2 heterocycles. The molecule has 0 aliphatic carbocycles. The average Bonchev–Trinajstić information content (AvgIpc) is 2.56. The molecule has 1 fully saturated rings. The molecule has 0 aromatic rings. The predicted octanol–water partition coefficient (Wildman–Crippen LogP) is 1.94. The van der Waals surface area contributed by atoms with E-state index < -0.39 is 0 Å². The van der Waals surface area contributed by atoms with Gasteiger partial charge in [0.25, 0.3) is 0 Å². The summed E-state index contributed by atoms with van der Waals surface area (Å²) in [6, 6.07) is 0.457. The molecule has 2 aliphatic rings. The zero-order chi connectivity index (χ0) is 14.1. The van der Waals surface area contributed by atoms with Crippen LogP contribution in [0.4, 0.5) is 0 Å². The minimum Gasteiger partial charge on any atom is -0.400 e. The van der Waals surface area contributed by atoms with Crippen molar-refractivity contribution in [2.24, 2.45) is 0 Å². The highest BCUT2D eigenvalue weighted by molar-refractivity contribution is 6.54. The first-order chi connectivity index (χ1) is 8.86. The maximum atomic E-state index is 6.11. The number of hydrogen-bond acceptors (Lipinski definition) is 4. The van der Waals surface area contributed by atoms with E-state index in [1.807, 2.05) is 0 Å². The van der Waals surface area contributed by atoms with E-state index in [1.165, 1.54) is 5.47 Å². The van der Waals surface area contributed by atoms with Crippen molar-refractivity contribution in [3.63, 3.8) is 0 Å². The van der Waals surface area contributed by atoms with E-state index in [0.717, 1.165) is 26.0 Å². The lowest BCUT2D eigenvalue weighted by molar-refractivity contribution is 0.00578. The van der Waals surface area contributed by atoms with Gasteiger partial charge in [-0.3, -0.25) is 0 Å². The maximum Gasteiger partial charge on any atom is 0.490 e. The van der Waals surface area contributed by atoms with Gasteiger partial charge in [-0.1, -0.05) is 6.08 Å². The quantitative estimate of drug-likeness (QED) is 0.790. The maximum absolute atomic E-state index is 6.11. The molecule has 0 bridgehead atoms. The Morgan fingerprint density at radius 3 is 2.53 bits per heavy atom. The topological polar surface area (TPSA) is 39.7 Å². The first-order valence-electron chi connectivity index (χ1n) is 7.12. The highest BCUT2D eigenvalue weighted by Gasteiger charge is 2.52. The lowest BCUT2D eigenvalue weighted by Crippen LogP contribution is -2.41. The molecule has 2 aliphatic heterocycles. The first-order valence-corrected chi connectivity index (χ1v) is 7.12. The van der Waals surface area contributed by atoms with Gasteiger partial charge in [-0.15, -0.1) is 0 Å². The molecule has 0 aromatic heterocycles. The minimum atomic E-state index is -0.259. The van der Waals surface area contributed by atoms with Crippen molar-refractivity contribution < 1.29 is 14.0 Å². The molecule has 1 N–H and O–H groups in total. The van der Waals surface area contributed by atoms with Gasteiger partial charge < -0.3 is 19.4 Å². The molecule has 0 radical (unpaired) electrons. The summed E-state index contributed by atoms with van der Waals surface area (Å²) in [6.07, 6.45) is 4.19.